The number of hydrogen-bond donors (Lipinski definition) is 2. The Morgan fingerprint density at radius 2 is 1.90 bits per heavy atom. The Hall–Kier alpha value is -1.55. The zero-order valence-electron chi connectivity index (χ0n) is 13.1. The minimum atomic E-state index is -0.747. The lowest BCUT2D eigenvalue weighted by Gasteiger charge is -2.38. The molecule has 21 heavy (non-hydrogen) atoms. The first-order valence-electron chi connectivity index (χ1n) is 7.55. The number of carboxylic acids is 1. The first-order chi connectivity index (χ1) is 9.83. The van der Waals surface area contributed by atoms with Crippen molar-refractivity contribution in [1.82, 2.24) is 5.32 Å². The molecule has 2 rings (SSSR count). The zero-order chi connectivity index (χ0) is 15.5. The molecule has 0 aliphatic heterocycles. The van der Waals surface area contributed by atoms with E-state index in [1.54, 1.807) is 0 Å². The molecular formula is C17H25NO3. The Morgan fingerprint density at radius 1 is 1.29 bits per heavy atom. The molecule has 0 bridgehead atoms. The van der Waals surface area contributed by atoms with Crippen molar-refractivity contribution in [2.45, 2.75) is 51.0 Å². The summed E-state index contributed by atoms with van der Waals surface area (Å²) in [4.78, 5) is 11.2. The maximum Gasteiger partial charge on any atom is 0.323 e. The molecule has 1 aliphatic rings. The van der Waals surface area contributed by atoms with Crippen molar-refractivity contribution in [2.24, 2.45) is 0 Å². The zero-order valence-corrected chi connectivity index (χ0v) is 13.1. The van der Waals surface area contributed by atoms with Gasteiger partial charge in [-0.2, -0.15) is 0 Å². The van der Waals surface area contributed by atoms with Crippen LogP contribution < -0.4 is 10.1 Å². The maximum atomic E-state index is 11.2. The molecule has 1 aromatic carbocycles. The molecule has 1 fully saturated rings. The number of carboxylic acid groups (broad SMARTS) is 1. The average Bonchev–Trinajstić information content (AvgIpc) is 2.35. The second-order valence-electron chi connectivity index (χ2n) is 6.79. The van der Waals surface area contributed by atoms with Crippen molar-refractivity contribution in [3.05, 3.63) is 29.8 Å². The van der Waals surface area contributed by atoms with Gasteiger partial charge in [-0.1, -0.05) is 32.9 Å². The fourth-order valence-electron chi connectivity index (χ4n) is 2.51. The standard InChI is InChI=1S/C17H25NO3/c1-16(2,3)13-5-7-14(8-6-13)21-12-11-18-17(15(19)20)9-4-10-17/h5-8,18H,4,9-12H2,1-3H3,(H,19,20). The Bertz CT molecular complexity index is 484. The lowest BCUT2D eigenvalue weighted by atomic mass is 9.77. The van der Waals surface area contributed by atoms with Crippen LogP contribution >= 0.6 is 0 Å². The summed E-state index contributed by atoms with van der Waals surface area (Å²) in [6, 6.07) is 8.09. The van der Waals surface area contributed by atoms with Crippen molar-refractivity contribution in [3.63, 3.8) is 0 Å². The van der Waals surface area contributed by atoms with E-state index in [2.05, 4.69) is 38.2 Å². The van der Waals surface area contributed by atoms with Gasteiger partial charge in [-0.25, -0.2) is 0 Å². The van der Waals surface area contributed by atoms with Gasteiger partial charge in [-0.15, -0.1) is 0 Å². The van der Waals surface area contributed by atoms with Gasteiger partial charge in [0.05, 0.1) is 0 Å². The monoisotopic (exact) mass is 291 g/mol. The van der Waals surface area contributed by atoms with E-state index in [0.29, 0.717) is 26.0 Å². The van der Waals surface area contributed by atoms with Gasteiger partial charge < -0.3 is 9.84 Å². The number of aliphatic carboxylic acids is 1. The minimum Gasteiger partial charge on any atom is -0.492 e. The van der Waals surface area contributed by atoms with Crippen LogP contribution in [0.1, 0.15) is 45.6 Å². The topological polar surface area (TPSA) is 58.6 Å². The fourth-order valence-corrected chi connectivity index (χ4v) is 2.51. The van der Waals surface area contributed by atoms with Crippen molar-refractivity contribution >= 4 is 5.97 Å². The van der Waals surface area contributed by atoms with Gasteiger partial charge in [0.1, 0.15) is 17.9 Å². The molecule has 0 aromatic heterocycles. The molecule has 2 N–H and O–H groups in total. The summed E-state index contributed by atoms with van der Waals surface area (Å²) >= 11 is 0. The highest BCUT2D eigenvalue weighted by Crippen LogP contribution is 2.31. The highest BCUT2D eigenvalue weighted by Gasteiger charge is 2.43. The summed E-state index contributed by atoms with van der Waals surface area (Å²) < 4.78 is 5.66. The van der Waals surface area contributed by atoms with Gasteiger partial charge in [0.2, 0.25) is 0 Å². The predicted molar refractivity (Wildman–Crippen MR) is 82.9 cm³/mol. The van der Waals surface area contributed by atoms with E-state index >= 15 is 0 Å². The Labute approximate surface area is 126 Å². The first kappa shape index (κ1) is 15.8. The molecule has 4 heteroatoms. The van der Waals surface area contributed by atoms with Crippen LogP contribution in [-0.2, 0) is 10.2 Å². The van der Waals surface area contributed by atoms with Crippen molar-refractivity contribution < 1.29 is 14.6 Å². The van der Waals surface area contributed by atoms with E-state index < -0.39 is 11.5 Å². The van der Waals surface area contributed by atoms with E-state index in [4.69, 9.17) is 4.74 Å². The van der Waals surface area contributed by atoms with Gasteiger partial charge in [0.15, 0.2) is 0 Å². The molecule has 0 atom stereocenters. The number of hydrogen-bond acceptors (Lipinski definition) is 3. The normalized spacial score (nSPS) is 17.1. The Morgan fingerprint density at radius 3 is 2.33 bits per heavy atom. The largest absolute Gasteiger partial charge is 0.492 e. The van der Waals surface area contributed by atoms with Crippen LogP contribution in [0, 0.1) is 0 Å². The van der Waals surface area contributed by atoms with E-state index in [-0.39, 0.29) is 5.41 Å². The van der Waals surface area contributed by atoms with Crippen LogP contribution in [0.4, 0.5) is 0 Å². The summed E-state index contributed by atoms with van der Waals surface area (Å²) in [7, 11) is 0. The van der Waals surface area contributed by atoms with E-state index in [9.17, 15) is 9.90 Å². The lowest BCUT2D eigenvalue weighted by Crippen LogP contribution is -2.57. The van der Waals surface area contributed by atoms with E-state index in [1.807, 2.05) is 12.1 Å². The quantitative estimate of drug-likeness (QED) is 0.791. The number of benzene rings is 1. The Balaban J connectivity index is 1.78. The van der Waals surface area contributed by atoms with Crippen molar-refractivity contribution in [2.75, 3.05) is 13.2 Å². The molecule has 1 aliphatic carbocycles. The molecule has 0 unspecified atom stereocenters. The van der Waals surface area contributed by atoms with Crippen LogP contribution in [0.25, 0.3) is 0 Å². The van der Waals surface area contributed by atoms with Crippen LogP contribution in [0.3, 0.4) is 0 Å². The summed E-state index contributed by atoms with van der Waals surface area (Å²) in [5.41, 5.74) is 0.699. The SMILES string of the molecule is CC(C)(C)c1ccc(OCCNC2(C(=O)O)CCC2)cc1. The maximum absolute atomic E-state index is 11.2. The van der Waals surface area contributed by atoms with Crippen LogP contribution in [0.2, 0.25) is 0 Å². The summed E-state index contributed by atoms with van der Waals surface area (Å²) in [6.45, 7) is 7.56. The number of ether oxygens (including phenoxy) is 1. The van der Waals surface area contributed by atoms with Crippen molar-refractivity contribution in [1.29, 1.82) is 0 Å². The second-order valence-corrected chi connectivity index (χ2v) is 6.79. The third-order valence-corrected chi connectivity index (χ3v) is 4.17. The third kappa shape index (κ3) is 3.76. The highest BCUT2D eigenvalue weighted by atomic mass is 16.5. The van der Waals surface area contributed by atoms with Crippen LogP contribution in [0.15, 0.2) is 24.3 Å². The number of rotatable bonds is 6. The molecule has 1 saturated carbocycles. The fraction of sp³-hybridized carbons (Fsp3) is 0.588. The van der Waals surface area contributed by atoms with E-state index in [0.717, 1.165) is 12.2 Å². The molecule has 0 heterocycles. The first-order valence-corrected chi connectivity index (χ1v) is 7.55. The van der Waals surface area contributed by atoms with Gasteiger partial charge in [0.25, 0.3) is 0 Å². The summed E-state index contributed by atoms with van der Waals surface area (Å²) in [6.07, 6.45) is 2.40. The molecule has 1 aromatic rings. The lowest BCUT2D eigenvalue weighted by molar-refractivity contribution is -0.148. The van der Waals surface area contributed by atoms with Crippen LogP contribution in [-0.4, -0.2) is 29.8 Å². The van der Waals surface area contributed by atoms with Gasteiger partial charge in [-0.05, 0) is 42.4 Å². The Kier molecular flexibility index (Phi) is 4.57. The third-order valence-electron chi connectivity index (χ3n) is 4.17. The molecule has 0 saturated heterocycles. The van der Waals surface area contributed by atoms with Gasteiger partial charge in [-0.3, -0.25) is 10.1 Å². The average molecular weight is 291 g/mol. The molecule has 116 valence electrons. The number of nitrogens with one attached hydrogen (secondary N) is 1. The van der Waals surface area contributed by atoms with E-state index in [1.165, 1.54) is 5.56 Å². The molecule has 0 spiro atoms. The summed E-state index contributed by atoms with van der Waals surface area (Å²) in [5, 5.41) is 12.3. The minimum absolute atomic E-state index is 0.137. The molecule has 4 nitrogen and oxygen atoms in total. The smallest absolute Gasteiger partial charge is 0.323 e. The summed E-state index contributed by atoms with van der Waals surface area (Å²) in [5.74, 6) is 0.0751. The molecule has 0 amide bonds. The van der Waals surface area contributed by atoms with Crippen molar-refractivity contribution in [3.8, 4) is 5.75 Å². The second kappa shape index (κ2) is 6.06. The predicted octanol–water partition coefficient (Wildman–Crippen LogP) is 2.96. The highest BCUT2D eigenvalue weighted by molar-refractivity contribution is 5.79. The number of carbonyl (C=O) groups is 1. The molecular weight excluding hydrogens is 266 g/mol. The molecule has 0 radical (unpaired) electrons. The van der Waals surface area contributed by atoms with Gasteiger partial charge in [0, 0.05) is 6.54 Å². The van der Waals surface area contributed by atoms with Gasteiger partial charge >= 0.3 is 5.97 Å². The van der Waals surface area contributed by atoms with Crippen LogP contribution in [0.5, 0.6) is 5.75 Å².